The Morgan fingerprint density at radius 3 is 2.52 bits per heavy atom. The van der Waals surface area contributed by atoms with Crippen molar-refractivity contribution in [2.75, 3.05) is 18.6 Å². The Bertz CT molecular complexity index is 1040. The van der Waals surface area contributed by atoms with Gasteiger partial charge in [0, 0.05) is 24.2 Å². The molecular weight excluding hydrogens is 420 g/mol. The molecule has 2 aromatic carbocycles. The molecule has 0 aliphatic carbocycles. The minimum atomic E-state index is -3.23. The van der Waals surface area contributed by atoms with Gasteiger partial charge in [-0.15, -0.1) is 0 Å². The van der Waals surface area contributed by atoms with Gasteiger partial charge in [0.2, 0.25) is 0 Å². The smallest absolute Gasteiger partial charge is 0.288 e. The number of methoxy groups -OCH3 is 1. The molecule has 8 nitrogen and oxygen atoms in total. The number of carbonyl (C=O) groups is 1. The molecule has 0 radical (unpaired) electrons. The first-order chi connectivity index (χ1) is 13.7. The minimum absolute atomic E-state index is 0.00479. The summed E-state index contributed by atoms with van der Waals surface area (Å²) in [4.78, 5) is 25.2. The van der Waals surface area contributed by atoms with Crippen molar-refractivity contribution in [2.24, 2.45) is 0 Å². The number of rotatable bonds is 6. The maximum absolute atomic E-state index is 13.2. The molecule has 1 fully saturated rings. The van der Waals surface area contributed by atoms with Crippen LogP contribution in [0, 0.1) is 10.1 Å². The van der Waals surface area contributed by atoms with Gasteiger partial charge >= 0.3 is 0 Å². The first kappa shape index (κ1) is 21.1. The molecule has 0 bridgehead atoms. The molecule has 2 aromatic rings. The van der Waals surface area contributed by atoms with E-state index in [-0.39, 0.29) is 34.3 Å². The average Bonchev–Trinajstić information content (AvgIpc) is 3.05. The third kappa shape index (κ3) is 4.86. The zero-order valence-corrected chi connectivity index (χ0v) is 17.1. The Morgan fingerprint density at radius 2 is 1.97 bits per heavy atom. The lowest BCUT2D eigenvalue weighted by Crippen LogP contribution is -2.40. The van der Waals surface area contributed by atoms with Gasteiger partial charge in [0.15, 0.2) is 9.84 Å². The molecule has 29 heavy (non-hydrogen) atoms. The number of nitro groups is 1. The molecule has 1 unspecified atom stereocenters. The number of hydrogen-bond acceptors (Lipinski definition) is 6. The molecule has 0 saturated carbocycles. The normalized spacial score (nSPS) is 17.7. The third-order valence-electron chi connectivity index (χ3n) is 4.81. The largest absolute Gasteiger partial charge is 0.497 e. The average molecular weight is 439 g/mol. The summed E-state index contributed by atoms with van der Waals surface area (Å²) in [7, 11) is -1.69. The maximum atomic E-state index is 13.2. The van der Waals surface area contributed by atoms with Gasteiger partial charge in [-0.1, -0.05) is 23.7 Å². The molecule has 0 spiro atoms. The van der Waals surface area contributed by atoms with Gasteiger partial charge in [-0.3, -0.25) is 14.9 Å². The molecule has 0 aromatic heterocycles. The zero-order valence-electron chi connectivity index (χ0n) is 15.6. The standard InChI is InChI=1S/C19H19ClN2O6S/c1-28-16-5-2-13(3-6-16)11-21(15-8-9-29(26,27)12-15)19(23)14-4-7-17(20)18(10-14)22(24)25/h2-7,10,15H,8-9,11-12H2,1H3. The monoisotopic (exact) mass is 438 g/mol. The van der Waals surface area contributed by atoms with E-state index >= 15 is 0 Å². The lowest BCUT2D eigenvalue weighted by molar-refractivity contribution is -0.384. The second-order valence-corrected chi connectivity index (χ2v) is 9.40. The molecule has 1 heterocycles. The Balaban J connectivity index is 1.94. The molecule has 1 amide bonds. The molecule has 1 aliphatic rings. The van der Waals surface area contributed by atoms with Crippen molar-refractivity contribution in [3.05, 3.63) is 68.7 Å². The first-order valence-electron chi connectivity index (χ1n) is 8.78. The van der Waals surface area contributed by atoms with Crippen LogP contribution in [0.25, 0.3) is 0 Å². The SMILES string of the molecule is COc1ccc(CN(C(=O)c2ccc(Cl)c([N+](=O)[O-])c2)C2CCS(=O)(=O)C2)cc1. The molecule has 3 rings (SSSR count). The van der Waals surface area contributed by atoms with Gasteiger partial charge in [0.25, 0.3) is 11.6 Å². The van der Waals surface area contributed by atoms with Crippen LogP contribution >= 0.6 is 11.6 Å². The van der Waals surface area contributed by atoms with E-state index in [4.69, 9.17) is 16.3 Å². The van der Waals surface area contributed by atoms with Crippen LogP contribution in [0.5, 0.6) is 5.75 Å². The van der Waals surface area contributed by atoms with Crippen LogP contribution in [-0.4, -0.2) is 48.8 Å². The highest BCUT2D eigenvalue weighted by Crippen LogP contribution is 2.28. The topological polar surface area (TPSA) is 107 Å². The highest BCUT2D eigenvalue weighted by atomic mass is 35.5. The Morgan fingerprint density at radius 1 is 1.28 bits per heavy atom. The maximum Gasteiger partial charge on any atom is 0.288 e. The number of benzene rings is 2. The molecular formula is C19H19ClN2O6S. The molecule has 154 valence electrons. The van der Waals surface area contributed by atoms with E-state index in [2.05, 4.69) is 0 Å². The molecule has 1 atom stereocenters. The second-order valence-electron chi connectivity index (χ2n) is 6.76. The van der Waals surface area contributed by atoms with Crippen molar-refractivity contribution in [1.29, 1.82) is 0 Å². The van der Waals surface area contributed by atoms with Gasteiger partial charge in [0.05, 0.1) is 23.5 Å². The minimum Gasteiger partial charge on any atom is -0.497 e. The number of amides is 1. The van der Waals surface area contributed by atoms with Crippen LogP contribution in [0.1, 0.15) is 22.3 Å². The Kier molecular flexibility index (Phi) is 6.09. The molecule has 10 heteroatoms. The zero-order chi connectivity index (χ0) is 21.2. The quantitative estimate of drug-likeness (QED) is 0.506. The van der Waals surface area contributed by atoms with Crippen molar-refractivity contribution in [3.8, 4) is 5.75 Å². The van der Waals surface area contributed by atoms with Crippen LogP contribution < -0.4 is 4.74 Å². The number of carbonyl (C=O) groups excluding carboxylic acids is 1. The highest BCUT2D eigenvalue weighted by molar-refractivity contribution is 7.91. The van der Waals surface area contributed by atoms with Gasteiger partial charge in [0.1, 0.15) is 10.8 Å². The number of ether oxygens (including phenoxy) is 1. The van der Waals surface area contributed by atoms with Gasteiger partial charge < -0.3 is 9.64 Å². The van der Waals surface area contributed by atoms with E-state index in [1.54, 1.807) is 31.4 Å². The highest BCUT2D eigenvalue weighted by Gasteiger charge is 2.35. The summed E-state index contributed by atoms with van der Waals surface area (Å²) < 4.78 is 29.1. The summed E-state index contributed by atoms with van der Waals surface area (Å²) in [6, 6.07) is 10.4. The van der Waals surface area contributed by atoms with Crippen molar-refractivity contribution < 1.29 is 22.9 Å². The second kappa shape index (κ2) is 8.38. The van der Waals surface area contributed by atoms with Crippen LogP contribution in [0.2, 0.25) is 5.02 Å². The van der Waals surface area contributed by atoms with Gasteiger partial charge in [-0.2, -0.15) is 0 Å². The van der Waals surface area contributed by atoms with Crippen molar-refractivity contribution >= 4 is 33.0 Å². The lowest BCUT2D eigenvalue weighted by Gasteiger charge is -2.28. The summed E-state index contributed by atoms with van der Waals surface area (Å²) >= 11 is 5.84. The van der Waals surface area contributed by atoms with Crippen LogP contribution in [0.4, 0.5) is 5.69 Å². The summed E-state index contributed by atoms with van der Waals surface area (Å²) in [5, 5.41) is 11.1. The van der Waals surface area contributed by atoms with Gasteiger partial charge in [-0.05, 0) is 36.2 Å². The fourth-order valence-corrected chi connectivity index (χ4v) is 5.18. The van der Waals surface area contributed by atoms with Crippen molar-refractivity contribution in [3.63, 3.8) is 0 Å². The first-order valence-corrected chi connectivity index (χ1v) is 11.0. The van der Waals surface area contributed by atoms with Crippen LogP contribution in [-0.2, 0) is 16.4 Å². The number of sulfone groups is 1. The fraction of sp³-hybridized carbons (Fsp3) is 0.316. The van der Waals surface area contributed by atoms with E-state index in [9.17, 15) is 23.3 Å². The summed E-state index contributed by atoms with van der Waals surface area (Å²) in [5.74, 6) is 0.0427. The fourth-order valence-electron chi connectivity index (χ4n) is 3.27. The molecule has 1 saturated heterocycles. The molecule has 1 aliphatic heterocycles. The third-order valence-corrected chi connectivity index (χ3v) is 6.88. The Hall–Kier alpha value is -2.65. The van der Waals surface area contributed by atoms with Crippen LogP contribution in [0.3, 0.4) is 0 Å². The number of halogens is 1. The van der Waals surface area contributed by atoms with E-state index in [1.165, 1.54) is 17.0 Å². The summed E-state index contributed by atoms with van der Waals surface area (Å²) in [6.45, 7) is 0.166. The number of hydrogen-bond donors (Lipinski definition) is 0. The molecule has 0 N–H and O–H groups in total. The summed E-state index contributed by atoms with van der Waals surface area (Å²) in [6.07, 6.45) is 0.319. The van der Waals surface area contributed by atoms with E-state index in [0.717, 1.165) is 11.6 Å². The predicted molar refractivity (Wildman–Crippen MR) is 108 cm³/mol. The van der Waals surface area contributed by atoms with Crippen molar-refractivity contribution in [1.82, 2.24) is 4.90 Å². The van der Waals surface area contributed by atoms with Gasteiger partial charge in [-0.25, -0.2) is 8.42 Å². The summed E-state index contributed by atoms with van der Waals surface area (Å²) in [5.41, 5.74) is 0.492. The van der Waals surface area contributed by atoms with Crippen LogP contribution in [0.15, 0.2) is 42.5 Å². The predicted octanol–water partition coefficient (Wildman–Crippen LogP) is 3.09. The lowest BCUT2D eigenvalue weighted by atomic mass is 10.1. The Labute approximate surface area is 173 Å². The van der Waals surface area contributed by atoms with Crippen molar-refractivity contribution in [2.45, 2.75) is 19.0 Å². The van der Waals surface area contributed by atoms with E-state index < -0.39 is 26.7 Å². The van der Waals surface area contributed by atoms with E-state index in [1.807, 2.05) is 0 Å². The van der Waals surface area contributed by atoms with E-state index in [0.29, 0.717) is 12.2 Å². The number of nitro benzene ring substituents is 1. The number of nitrogens with zero attached hydrogens (tertiary/aromatic N) is 2.